The van der Waals surface area contributed by atoms with Gasteiger partial charge in [0.1, 0.15) is 18.3 Å². The minimum absolute atomic E-state index is 0.374. The monoisotopic (exact) mass is 294 g/mol. The predicted molar refractivity (Wildman–Crippen MR) is 72.4 cm³/mol. The van der Waals surface area contributed by atoms with Crippen LogP contribution < -0.4 is 5.32 Å². The summed E-state index contributed by atoms with van der Waals surface area (Å²) in [5.74, 6) is 0. The van der Waals surface area contributed by atoms with Gasteiger partial charge in [-0.2, -0.15) is 0 Å². The van der Waals surface area contributed by atoms with Crippen molar-refractivity contribution in [2.24, 2.45) is 0 Å². The highest BCUT2D eigenvalue weighted by molar-refractivity contribution is 7.80. The Kier molecular flexibility index (Phi) is 6.37. The molecule has 5 atom stereocenters. The van der Waals surface area contributed by atoms with Crippen molar-refractivity contribution in [3.8, 4) is 0 Å². The highest BCUT2D eigenvalue weighted by atomic mass is 32.1. The second-order valence-corrected chi connectivity index (χ2v) is 4.76. The highest BCUT2D eigenvalue weighted by Crippen LogP contribution is 2.19. The minimum Gasteiger partial charge on any atom is -0.394 e. The Labute approximate surface area is 117 Å². The molecule has 0 aromatic carbocycles. The van der Waals surface area contributed by atoms with Crippen LogP contribution in [-0.4, -0.2) is 80.8 Å². The number of nitrogens with zero attached hydrogens (tertiary/aromatic N) is 1. The van der Waals surface area contributed by atoms with Crippen LogP contribution in [0.1, 0.15) is 13.8 Å². The molecule has 0 saturated carbocycles. The number of nitrogens with one attached hydrogen (secondary N) is 1. The lowest BCUT2D eigenvalue weighted by Gasteiger charge is -2.41. The van der Waals surface area contributed by atoms with E-state index in [0.717, 1.165) is 0 Å². The van der Waals surface area contributed by atoms with Crippen molar-refractivity contribution >= 4 is 17.3 Å². The lowest BCUT2D eigenvalue weighted by molar-refractivity contribution is -0.260. The van der Waals surface area contributed by atoms with Gasteiger partial charge in [-0.3, -0.25) is 0 Å². The lowest BCUT2D eigenvalue weighted by Crippen LogP contribution is -2.65. The summed E-state index contributed by atoms with van der Waals surface area (Å²) in [5.41, 5.74) is 0. The first-order valence-electron chi connectivity index (χ1n) is 6.32. The highest BCUT2D eigenvalue weighted by Gasteiger charge is 2.44. The first-order valence-corrected chi connectivity index (χ1v) is 6.73. The number of ether oxygens (including phenoxy) is 1. The fourth-order valence-electron chi connectivity index (χ4n) is 2.02. The van der Waals surface area contributed by atoms with E-state index >= 15 is 0 Å². The zero-order valence-electron chi connectivity index (χ0n) is 11.1. The van der Waals surface area contributed by atoms with Crippen LogP contribution in [0.2, 0.25) is 0 Å². The van der Waals surface area contributed by atoms with Crippen molar-refractivity contribution in [2.45, 2.75) is 44.5 Å². The largest absolute Gasteiger partial charge is 0.394 e. The van der Waals surface area contributed by atoms with Gasteiger partial charge in [-0.25, -0.2) is 0 Å². The van der Waals surface area contributed by atoms with Crippen LogP contribution in [0.15, 0.2) is 0 Å². The number of rotatable bonds is 4. The van der Waals surface area contributed by atoms with Crippen LogP contribution in [0.25, 0.3) is 0 Å². The molecule has 19 heavy (non-hydrogen) atoms. The number of hydrogen-bond acceptors (Lipinski definition) is 6. The van der Waals surface area contributed by atoms with Gasteiger partial charge < -0.3 is 35.4 Å². The molecule has 5 N–H and O–H groups in total. The molecule has 0 aromatic rings. The van der Waals surface area contributed by atoms with Gasteiger partial charge in [-0.05, 0) is 26.1 Å². The first-order chi connectivity index (χ1) is 8.96. The molecule has 1 fully saturated rings. The molecular weight excluding hydrogens is 272 g/mol. The molecule has 1 heterocycles. The van der Waals surface area contributed by atoms with E-state index in [-0.39, 0.29) is 0 Å². The molecular formula is C11H22N2O5S. The lowest BCUT2D eigenvalue weighted by atomic mass is 9.96. The molecule has 8 heteroatoms. The molecule has 1 aliphatic rings. The van der Waals surface area contributed by atoms with Crippen LogP contribution in [-0.2, 0) is 4.74 Å². The second-order valence-electron chi connectivity index (χ2n) is 4.38. The van der Waals surface area contributed by atoms with E-state index in [9.17, 15) is 15.3 Å². The molecule has 0 unspecified atom stereocenters. The standard InChI is InChI=1S/C11H22N2O5S/c1-3-13(4-2)11(19)12-7-8(15)6(5-14)18-10(17)9(7)16/h6-10,14-17H,3-5H2,1-2H3,(H,12,19)/t6-,7-,8-,9-,10+/m1/s1. The third-order valence-electron chi connectivity index (χ3n) is 3.24. The molecule has 112 valence electrons. The topological polar surface area (TPSA) is 105 Å². The summed E-state index contributed by atoms with van der Waals surface area (Å²) in [5, 5.41) is 41.6. The summed E-state index contributed by atoms with van der Waals surface area (Å²) in [6.45, 7) is 4.77. The molecule has 0 aromatic heterocycles. The van der Waals surface area contributed by atoms with Crippen molar-refractivity contribution in [2.75, 3.05) is 19.7 Å². The fourth-order valence-corrected chi connectivity index (χ4v) is 2.41. The minimum atomic E-state index is -1.47. The molecule has 0 bridgehead atoms. The maximum absolute atomic E-state index is 10.00. The maximum atomic E-state index is 10.00. The van der Waals surface area contributed by atoms with Crippen LogP contribution in [0.3, 0.4) is 0 Å². The molecule has 0 amide bonds. The third kappa shape index (κ3) is 3.74. The first kappa shape index (κ1) is 16.5. The summed E-state index contributed by atoms with van der Waals surface area (Å²) in [4.78, 5) is 1.84. The van der Waals surface area contributed by atoms with Gasteiger partial charge in [0.15, 0.2) is 11.4 Å². The van der Waals surface area contributed by atoms with Gasteiger partial charge in [-0.1, -0.05) is 0 Å². The molecule has 7 nitrogen and oxygen atoms in total. The van der Waals surface area contributed by atoms with E-state index in [0.29, 0.717) is 18.2 Å². The molecule has 1 saturated heterocycles. The molecule has 1 aliphatic heterocycles. The van der Waals surface area contributed by atoms with Crippen LogP contribution in [0, 0.1) is 0 Å². The summed E-state index contributed by atoms with van der Waals surface area (Å²) >= 11 is 5.18. The summed E-state index contributed by atoms with van der Waals surface area (Å²) in [6, 6.07) is -0.894. The van der Waals surface area contributed by atoms with Crippen molar-refractivity contribution < 1.29 is 25.2 Å². The summed E-state index contributed by atoms with van der Waals surface area (Å²) in [6.07, 6.45) is -4.93. The normalized spacial score (nSPS) is 34.9. The van der Waals surface area contributed by atoms with E-state index in [4.69, 9.17) is 22.1 Å². The third-order valence-corrected chi connectivity index (χ3v) is 3.62. The Bertz CT molecular complexity index is 303. The fraction of sp³-hybridized carbons (Fsp3) is 0.909. The summed E-state index contributed by atoms with van der Waals surface area (Å²) in [7, 11) is 0. The van der Waals surface area contributed by atoms with Crippen molar-refractivity contribution in [1.29, 1.82) is 0 Å². The van der Waals surface area contributed by atoms with E-state index < -0.39 is 37.3 Å². The second kappa shape index (κ2) is 7.32. The van der Waals surface area contributed by atoms with Crippen LogP contribution in [0.5, 0.6) is 0 Å². The quantitative estimate of drug-likeness (QED) is 0.379. The average molecular weight is 294 g/mol. The van der Waals surface area contributed by atoms with Gasteiger partial charge in [0.05, 0.1) is 12.6 Å². The van der Waals surface area contributed by atoms with Crippen molar-refractivity contribution in [3.63, 3.8) is 0 Å². The summed E-state index contributed by atoms with van der Waals surface area (Å²) < 4.78 is 4.89. The number of aliphatic hydroxyl groups is 4. The molecule has 0 radical (unpaired) electrons. The number of thiocarbonyl (C=S) groups is 1. The van der Waals surface area contributed by atoms with Crippen LogP contribution >= 0.6 is 12.2 Å². The Morgan fingerprint density at radius 1 is 1.21 bits per heavy atom. The maximum Gasteiger partial charge on any atom is 0.183 e. The SMILES string of the molecule is CCN(CC)C(=S)N[C@H]1[C@@H](O)[C@@H](O)O[C@H](CO)[C@H]1O. The van der Waals surface area contributed by atoms with Gasteiger partial charge in [0, 0.05) is 13.1 Å². The van der Waals surface area contributed by atoms with Gasteiger partial charge in [0.25, 0.3) is 0 Å². The smallest absolute Gasteiger partial charge is 0.183 e. The molecule has 1 rings (SSSR count). The van der Waals surface area contributed by atoms with Crippen molar-refractivity contribution in [3.05, 3.63) is 0 Å². The Balaban J connectivity index is 2.75. The van der Waals surface area contributed by atoms with E-state index in [2.05, 4.69) is 5.32 Å². The number of aliphatic hydroxyl groups excluding tert-OH is 4. The zero-order valence-corrected chi connectivity index (χ0v) is 11.9. The molecule has 0 spiro atoms. The Morgan fingerprint density at radius 3 is 2.26 bits per heavy atom. The van der Waals surface area contributed by atoms with Crippen molar-refractivity contribution in [1.82, 2.24) is 10.2 Å². The average Bonchev–Trinajstić information content (AvgIpc) is 2.40. The van der Waals surface area contributed by atoms with Gasteiger partial charge in [0.2, 0.25) is 0 Å². The predicted octanol–water partition coefficient (Wildman–Crippen LogP) is -2.00. The zero-order chi connectivity index (χ0) is 14.6. The van der Waals surface area contributed by atoms with E-state index in [1.54, 1.807) is 0 Å². The number of hydrogen-bond donors (Lipinski definition) is 5. The Hall–Kier alpha value is -0.510. The van der Waals surface area contributed by atoms with E-state index in [1.165, 1.54) is 0 Å². The van der Waals surface area contributed by atoms with E-state index in [1.807, 2.05) is 18.7 Å². The Morgan fingerprint density at radius 2 is 1.79 bits per heavy atom. The molecule has 0 aliphatic carbocycles. The van der Waals surface area contributed by atoms with Gasteiger partial charge in [-0.15, -0.1) is 0 Å². The van der Waals surface area contributed by atoms with Gasteiger partial charge >= 0.3 is 0 Å². The van der Waals surface area contributed by atoms with Crippen LogP contribution in [0.4, 0.5) is 0 Å².